The van der Waals surface area contributed by atoms with E-state index in [2.05, 4.69) is 11.6 Å². The van der Waals surface area contributed by atoms with Gasteiger partial charge in [0.2, 0.25) is 0 Å². The summed E-state index contributed by atoms with van der Waals surface area (Å²) in [5.74, 6) is -0.161. The molecule has 1 aromatic heterocycles. The highest BCUT2D eigenvalue weighted by atomic mass is 16.3. The summed E-state index contributed by atoms with van der Waals surface area (Å²) in [6.45, 7) is 7.95. The minimum Gasteiger partial charge on any atom is -0.506 e. The van der Waals surface area contributed by atoms with Crippen LogP contribution in [-0.2, 0) is 0 Å². The molecule has 0 saturated heterocycles. The molecule has 0 aliphatic carbocycles. The van der Waals surface area contributed by atoms with Crippen LogP contribution in [0.4, 0.5) is 0 Å². The van der Waals surface area contributed by atoms with E-state index in [1.807, 2.05) is 13.8 Å². The van der Waals surface area contributed by atoms with E-state index >= 15 is 0 Å². The molecule has 1 heterocycles. The summed E-state index contributed by atoms with van der Waals surface area (Å²) in [6.07, 6.45) is 4.42. The van der Waals surface area contributed by atoms with Crippen molar-refractivity contribution in [1.29, 1.82) is 0 Å². The number of rotatable bonds is 4. The van der Waals surface area contributed by atoms with Crippen molar-refractivity contribution in [3.63, 3.8) is 0 Å². The number of nitrogens with zero attached hydrogens (tertiary/aromatic N) is 2. The van der Waals surface area contributed by atoms with E-state index in [0.717, 1.165) is 0 Å². The Balaban J connectivity index is 2.94. The zero-order valence-corrected chi connectivity index (χ0v) is 9.55. The largest absolute Gasteiger partial charge is 0.506 e. The van der Waals surface area contributed by atoms with Gasteiger partial charge in [-0.05, 0) is 19.9 Å². The van der Waals surface area contributed by atoms with E-state index in [4.69, 9.17) is 0 Å². The van der Waals surface area contributed by atoms with Crippen LogP contribution in [0.3, 0.4) is 0 Å². The van der Waals surface area contributed by atoms with Crippen LogP contribution in [0.25, 0.3) is 0 Å². The van der Waals surface area contributed by atoms with Crippen molar-refractivity contribution in [3.8, 4) is 5.75 Å². The lowest BCUT2D eigenvalue weighted by molar-refractivity contribution is 0.0728. The highest BCUT2D eigenvalue weighted by Gasteiger charge is 2.17. The molecule has 0 aliphatic heterocycles. The van der Waals surface area contributed by atoms with Gasteiger partial charge in [-0.25, -0.2) is 0 Å². The summed E-state index contributed by atoms with van der Waals surface area (Å²) >= 11 is 0. The van der Waals surface area contributed by atoms with Gasteiger partial charge in [-0.15, -0.1) is 6.58 Å². The molecule has 0 bridgehead atoms. The van der Waals surface area contributed by atoms with Gasteiger partial charge in [0.1, 0.15) is 5.75 Å². The maximum Gasteiger partial charge on any atom is 0.256 e. The van der Waals surface area contributed by atoms with Gasteiger partial charge in [0, 0.05) is 18.8 Å². The molecule has 0 fully saturated rings. The van der Waals surface area contributed by atoms with Gasteiger partial charge < -0.3 is 10.0 Å². The molecule has 1 N–H and O–H groups in total. The van der Waals surface area contributed by atoms with Gasteiger partial charge >= 0.3 is 0 Å². The van der Waals surface area contributed by atoms with Crippen LogP contribution in [0.15, 0.2) is 31.1 Å². The van der Waals surface area contributed by atoms with E-state index in [0.29, 0.717) is 12.1 Å². The molecule has 1 amide bonds. The van der Waals surface area contributed by atoms with Gasteiger partial charge in [-0.3, -0.25) is 9.78 Å². The zero-order chi connectivity index (χ0) is 12.1. The predicted octanol–water partition coefficient (Wildman–Crippen LogP) is 1.82. The van der Waals surface area contributed by atoms with Crippen LogP contribution in [0.5, 0.6) is 5.75 Å². The zero-order valence-electron chi connectivity index (χ0n) is 9.55. The molecule has 0 saturated carbocycles. The number of hydrogen-bond donors (Lipinski definition) is 1. The molecule has 0 radical (unpaired) electrons. The van der Waals surface area contributed by atoms with Crippen molar-refractivity contribution in [2.75, 3.05) is 6.54 Å². The van der Waals surface area contributed by atoms with Gasteiger partial charge in [0.05, 0.1) is 11.8 Å². The first-order chi connectivity index (χ1) is 7.56. The molecule has 1 aromatic rings. The standard InChI is InChI=1S/C12H16N2O2/c1-4-5-14(9(2)3)12(16)10-6-11(15)8-13-7-10/h4,6-9,15H,1,5H2,2-3H3. The Morgan fingerprint density at radius 3 is 2.81 bits per heavy atom. The normalized spacial score (nSPS) is 10.2. The van der Waals surface area contributed by atoms with Crippen molar-refractivity contribution in [2.24, 2.45) is 0 Å². The van der Waals surface area contributed by atoms with E-state index < -0.39 is 0 Å². The average Bonchev–Trinajstić information content (AvgIpc) is 2.24. The van der Waals surface area contributed by atoms with Crippen molar-refractivity contribution in [2.45, 2.75) is 19.9 Å². The lowest BCUT2D eigenvalue weighted by Gasteiger charge is -2.25. The molecule has 4 heteroatoms. The highest BCUT2D eigenvalue weighted by molar-refractivity contribution is 5.94. The van der Waals surface area contributed by atoms with Gasteiger partial charge in [-0.1, -0.05) is 6.08 Å². The maximum atomic E-state index is 12.1. The fourth-order valence-corrected chi connectivity index (χ4v) is 1.38. The number of aromatic nitrogens is 1. The molecule has 0 aliphatic rings. The monoisotopic (exact) mass is 220 g/mol. The third-order valence-corrected chi connectivity index (χ3v) is 2.18. The summed E-state index contributed by atoms with van der Waals surface area (Å²) in [6, 6.07) is 1.49. The number of carbonyl (C=O) groups excluding carboxylic acids is 1. The lowest BCUT2D eigenvalue weighted by atomic mass is 10.2. The number of carbonyl (C=O) groups is 1. The molecule has 0 aromatic carbocycles. The van der Waals surface area contributed by atoms with Crippen molar-refractivity contribution < 1.29 is 9.90 Å². The molecule has 0 atom stereocenters. The van der Waals surface area contributed by atoms with Crippen molar-refractivity contribution >= 4 is 5.91 Å². The van der Waals surface area contributed by atoms with Crippen LogP contribution in [0, 0.1) is 0 Å². The predicted molar refractivity (Wildman–Crippen MR) is 62.3 cm³/mol. The Morgan fingerprint density at radius 2 is 2.31 bits per heavy atom. The second-order valence-electron chi connectivity index (χ2n) is 3.77. The third kappa shape index (κ3) is 2.82. The third-order valence-electron chi connectivity index (χ3n) is 2.18. The Bertz CT molecular complexity index is 388. The fourth-order valence-electron chi connectivity index (χ4n) is 1.38. The smallest absolute Gasteiger partial charge is 0.256 e. The molecular formula is C12H16N2O2. The van der Waals surface area contributed by atoms with Crippen LogP contribution in [-0.4, -0.2) is 33.5 Å². The molecule has 0 spiro atoms. The molecule has 4 nitrogen and oxygen atoms in total. The van der Waals surface area contributed by atoms with Gasteiger partial charge in [-0.2, -0.15) is 0 Å². The second-order valence-corrected chi connectivity index (χ2v) is 3.77. The average molecular weight is 220 g/mol. The first kappa shape index (κ1) is 12.2. The molecule has 86 valence electrons. The van der Waals surface area contributed by atoms with Crippen LogP contribution in [0.1, 0.15) is 24.2 Å². The quantitative estimate of drug-likeness (QED) is 0.787. The summed E-state index contributed by atoms with van der Waals surface area (Å²) in [7, 11) is 0. The summed E-state index contributed by atoms with van der Waals surface area (Å²) in [5.41, 5.74) is 0.385. The summed E-state index contributed by atoms with van der Waals surface area (Å²) in [4.78, 5) is 17.5. The van der Waals surface area contributed by atoms with E-state index in [-0.39, 0.29) is 17.7 Å². The number of hydrogen-bond acceptors (Lipinski definition) is 3. The summed E-state index contributed by atoms with van der Waals surface area (Å²) < 4.78 is 0. The molecule has 1 rings (SSSR count). The van der Waals surface area contributed by atoms with Gasteiger partial charge in [0.15, 0.2) is 0 Å². The van der Waals surface area contributed by atoms with Crippen molar-refractivity contribution in [3.05, 3.63) is 36.7 Å². The summed E-state index contributed by atoms with van der Waals surface area (Å²) in [5, 5.41) is 9.26. The Kier molecular flexibility index (Phi) is 4.05. The van der Waals surface area contributed by atoms with E-state index in [9.17, 15) is 9.90 Å². The lowest BCUT2D eigenvalue weighted by Crippen LogP contribution is -2.37. The molecular weight excluding hydrogens is 204 g/mol. The van der Waals surface area contributed by atoms with E-state index in [1.54, 1.807) is 11.0 Å². The second kappa shape index (κ2) is 5.30. The fraction of sp³-hybridized carbons (Fsp3) is 0.333. The number of aromatic hydroxyl groups is 1. The topological polar surface area (TPSA) is 53.4 Å². The Labute approximate surface area is 95.2 Å². The highest BCUT2D eigenvalue weighted by Crippen LogP contribution is 2.12. The SMILES string of the molecule is C=CCN(C(=O)c1cncc(O)c1)C(C)C. The minimum atomic E-state index is -0.154. The minimum absolute atomic E-state index is 0.00633. The molecule has 16 heavy (non-hydrogen) atoms. The Hall–Kier alpha value is -1.84. The number of pyridine rings is 1. The Morgan fingerprint density at radius 1 is 1.62 bits per heavy atom. The van der Waals surface area contributed by atoms with Crippen molar-refractivity contribution in [1.82, 2.24) is 9.88 Å². The van der Waals surface area contributed by atoms with Gasteiger partial charge in [0.25, 0.3) is 5.91 Å². The first-order valence-corrected chi connectivity index (χ1v) is 5.12. The first-order valence-electron chi connectivity index (χ1n) is 5.12. The van der Waals surface area contributed by atoms with Crippen LogP contribution < -0.4 is 0 Å². The maximum absolute atomic E-state index is 12.1. The van der Waals surface area contributed by atoms with Crippen LogP contribution >= 0.6 is 0 Å². The van der Waals surface area contributed by atoms with E-state index in [1.165, 1.54) is 18.5 Å². The number of amides is 1. The van der Waals surface area contributed by atoms with Crippen LogP contribution in [0.2, 0.25) is 0 Å². The molecule has 0 unspecified atom stereocenters.